The summed E-state index contributed by atoms with van der Waals surface area (Å²) >= 11 is 0. The number of aromatic amines is 1. The van der Waals surface area contributed by atoms with Crippen molar-refractivity contribution in [3.8, 4) is 0 Å². The van der Waals surface area contributed by atoms with E-state index in [2.05, 4.69) is 25.4 Å². The minimum atomic E-state index is 0.0958. The van der Waals surface area contributed by atoms with Crippen molar-refractivity contribution in [2.24, 2.45) is 0 Å². The summed E-state index contributed by atoms with van der Waals surface area (Å²) in [5.41, 5.74) is 2.26. The van der Waals surface area contributed by atoms with Gasteiger partial charge in [-0.15, -0.1) is 0 Å². The lowest BCUT2D eigenvalue weighted by molar-refractivity contribution is 0.316. The van der Waals surface area contributed by atoms with E-state index in [4.69, 9.17) is 4.52 Å². The summed E-state index contributed by atoms with van der Waals surface area (Å²) in [4.78, 5) is 12.1. The Kier molecular flexibility index (Phi) is 2.61. The van der Waals surface area contributed by atoms with Crippen molar-refractivity contribution in [3.63, 3.8) is 0 Å². The normalized spacial score (nSPS) is 23.7. The van der Waals surface area contributed by atoms with Gasteiger partial charge in [-0.25, -0.2) is 4.98 Å². The third-order valence-corrected chi connectivity index (χ3v) is 4.21. The number of fused-ring (bicyclic) bond motifs is 1. The SMILES string of the molecule is c1nc2c([nH]1)CNC(c1nc(C3CCCC3)no1)C2. The van der Waals surface area contributed by atoms with Crippen LogP contribution in [0.15, 0.2) is 10.9 Å². The molecule has 1 atom stereocenters. The first kappa shape index (κ1) is 11.2. The number of hydrogen-bond donors (Lipinski definition) is 2. The zero-order valence-electron chi connectivity index (χ0n) is 10.7. The van der Waals surface area contributed by atoms with Crippen molar-refractivity contribution in [2.75, 3.05) is 0 Å². The van der Waals surface area contributed by atoms with Gasteiger partial charge in [-0.05, 0) is 12.8 Å². The third-order valence-electron chi connectivity index (χ3n) is 4.21. The van der Waals surface area contributed by atoms with Gasteiger partial charge in [-0.3, -0.25) is 5.32 Å². The highest BCUT2D eigenvalue weighted by molar-refractivity contribution is 5.17. The Bertz CT molecular complexity index is 569. The molecule has 0 spiro atoms. The van der Waals surface area contributed by atoms with Crippen molar-refractivity contribution in [3.05, 3.63) is 29.4 Å². The zero-order chi connectivity index (χ0) is 12.7. The summed E-state index contributed by atoms with van der Waals surface area (Å²) in [6.45, 7) is 0.779. The molecular formula is C13H17N5O. The fraction of sp³-hybridized carbons (Fsp3) is 0.615. The lowest BCUT2D eigenvalue weighted by Gasteiger charge is -2.19. The van der Waals surface area contributed by atoms with Gasteiger partial charge in [-0.1, -0.05) is 18.0 Å². The maximum Gasteiger partial charge on any atom is 0.244 e. The Morgan fingerprint density at radius 2 is 2.16 bits per heavy atom. The molecule has 0 radical (unpaired) electrons. The van der Waals surface area contributed by atoms with Crippen LogP contribution in [-0.4, -0.2) is 20.1 Å². The van der Waals surface area contributed by atoms with E-state index in [1.807, 2.05) is 0 Å². The highest BCUT2D eigenvalue weighted by Crippen LogP contribution is 2.33. The summed E-state index contributed by atoms with van der Waals surface area (Å²) in [5.74, 6) is 2.10. The number of aromatic nitrogens is 4. The summed E-state index contributed by atoms with van der Waals surface area (Å²) in [7, 11) is 0. The molecule has 0 bridgehead atoms. The van der Waals surface area contributed by atoms with E-state index >= 15 is 0 Å². The molecule has 2 aromatic heterocycles. The van der Waals surface area contributed by atoms with Gasteiger partial charge in [0, 0.05) is 18.9 Å². The Morgan fingerprint density at radius 1 is 1.26 bits per heavy atom. The van der Waals surface area contributed by atoms with Crippen LogP contribution in [-0.2, 0) is 13.0 Å². The molecule has 100 valence electrons. The molecule has 4 rings (SSSR count). The number of rotatable bonds is 2. The lowest BCUT2D eigenvalue weighted by Crippen LogP contribution is -2.28. The average molecular weight is 259 g/mol. The first-order valence-electron chi connectivity index (χ1n) is 6.98. The zero-order valence-corrected chi connectivity index (χ0v) is 10.7. The smallest absolute Gasteiger partial charge is 0.244 e. The van der Waals surface area contributed by atoms with Gasteiger partial charge in [-0.2, -0.15) is 4.98 Å². The molecule has 2 N–H and O–H groups in total. The van der Waals surface area contributed by atoms with Gasteiger partial charge in [0.1, 0.15) is 0 Å². The van der Waals surface area contributed by atoms with Crippen LogP contribution in [0.5, 0.6) is 0 Å². The molecular weight excluding hydrogens is 242 g/mol. The number of nitrogens with zero attached hydrogens (tertiary/aromatic N) is 3. The molecule has 1 unspecified atom stereocenters. The Labute approximate surface area is 111 Å². The van der Waals surface area contributed by atoms with Gasteiger partial charge in [0.25, 0.3) is 0 Å². The van der Waals surface area contributed by atoms with Crippen molar-refractivity contribution in [1.82, 2.24) is 25.4 Å². The minimum absolute atomic E-state index is 0.0958. The van der Waals surface area contributed by atoms with Gasteiger partial charge in [0.05, 0.1) is 23.8 Å². The van der Waals surface area contributed by atoms with Crippen LogP contribution in [0, 0.1) is 0 Å². The number of imidazole rings is 1. The second kappa shape index (κ2) is 4.45. The van der Waals surface area contributed by atoms with E-state index in [1.165, 1.54) is 25.7 Å². The predicted molar refractivity (Wildman–Crippen MR) is 67.4 cm³/mol. The van der Waals surface area contributed by atoms with Crippen LogP contribution in [0.25, 0.3) is 0 Å². The summed E-state index contributed by atoms with van der Waals surface area (Å²) in [6, 6.07) is 0.0958. The molecule has 3 heterocycles. The second-order valence-electron chi connectivity index (χ2n) is 5.44. The first-order valence-corrected chi connectivity index (χ1v) is 6.98. The maximum absolute atomic E-state index is 5.45. The van der Waals surface area contributed by atoms with Gasteiger partial charge >= 0.3 is 0 Å². The minimum Gasteiger partial charge on any atom is -0.347 e. The summed E-state index contributed by atoms with van der Waals surface area (Å²) in [5, 5.41) is 7.58. The van der Waals surface area contributed by atoms with E-state index in [1.54, 1.807) is 6.33 Å². The highest BCUT2D eigenvalue weighted by atomic mass is 16.5. The maximum atomic E-state index is 5.45. The molecule has 1 fully saturated rings. The summed E-state index contributed by atoms with van der Waals surface area (Å²) in [6.07, 6.45) is 7.51. The highest BCUT2D eigenvalue weighted by Gasteiger charge is 2.28. The fourth-order valence-electron chi connectivity index (χ4n) is 3.08. The van der Waals surface area contributed by atoms with E-state index in [0.29, 0.717) is 11.8 Å². The number of hydrogen-bond acceptors (Lipinski definition) is 5. The molecule has 6 nitrogen and oxygen atoms in total. The second-order valence-corrected chi connectivity index (χ2v) is 5.44. The van der Waals surface area contributed by atoms with Crippen LogP contribution in [0.1, 0.15) is 60.7 Å². The van der Waals surface area contributed by atoms with Crippen LogP contribution in [0.4, 0.5) is 0 Å². The lowest BCUT2D eigenvalue weighted by atomic mass is 10.1. The topological polar surface area (TPSA) is 79.6 Å². The average Bonchev–Trinajstić information content (AvgIpc) is 3.18. The molecule has 0 aromatic carbocycles. The van der Waals surface area contributed by atoms with Crippen LogP contribution in [0.3, 0.4) is 0 Å². The van der Waals surface area contributed by atoms with Gasteiger partial charge < -0.3 is 9.51 Å². The Balaban J connectivity index is 1.54. The van der Waals surface area contributed by atoms with Crippen LogP contribution in [0.2, 0.25) is 0 Å². The largest absolute Gasteiger partial charge is 0.347 e. The standard InChI is InChI=1S/C13H17N5O/c1-2-4-8(3-1)12-17-13(19-18-12)10-5-9-11(6-14-10)16-7-15-9/h7-8,10,14H,1-6H2,(H,15,16). The number of H-pyrrole nitrogens is 1. The molecule has 19 heavy (non-hydrogen) atoms. The Morgan fingerprint density at radius 3 is 3.05 bits per heavy atom. The van der Waals surface area contributed by atoms with Gasteiger partial charge in [0.2, 0.25) is 5.89 Å². The van der Waals surface area contributed by atoms with E-state index in [-0.39, 0.29) is 6.04 Å². The quantitative estimate of drug-likeness (QED) is 0.860. The monoisotopic (exact) mass is 259 g/mol. The van der Waals surface area contributed by atoms with Crippen LogP contribution < -0.4 is 5.32 Å². The molecule has 1 aliphatic heterocycles. The molecule has 1 aliphatic carbocycles. The van der Waals surface area contributed by atoms with Crippen molar-refractivity contribution in [2.45, 2.75) is 50.6 Å². The first-order chi connectivity index (χ1) is 9.40. The molecule has 2 aromatic rings. The van der Waals surface area contributed by atoms with Gasteiger partial charge in [0.15, 0.2) is 5.82 Å². The van der Waals surface area contributed by atoms with E-state index in [0.717, 1.165) is 30.2 Å². The summed E-state index contributed by atoms with van der Waals surface area (Å²) < 4.78 is 5.45. The van der Waals surface area contributed by atoms with E-state index in [9.17, 15) is 0 Å². The van der Waals surface area contributed by atoms with Crippen molar-refractivity contribution in [1.29, 1.82) is 0 Å². The molecule has 1 saturated carbocycles. The Hall–Kier alpha value is -1.69. The predicted octanol–water partition coefficient (Wildman–Crippen LogP) is 1.84. The number of nitrogens with one attached hydrogen (secondary N) is 2. The third kappa shape index (κ3) is 1.96. The van der Waals surface area contributed by atoms with E-state index < -0.39 is 0 Å². The molecule has 2 aliphatic rings. The van der Waals surface area contributed by atoms with Crippen LogP contribution >= 0.6 is 0 Å². The van der Waals surface area contributed by atoms with Crippen molar-refractivity contribution < 1.29 is 4.52 Å². The molecule has 6 heteroatoms. The fourth-order valence-corrected chi connectivity index (χ4v) is 3.08. The molecule has 0 amide bonds. The molecule has 0 saturated heterocycles. The van der Waals surface area contributed by atoms with Crippen molar-refractivity contribution >= 4 is 0 Å².